The zero-order chi connectivity index (χ0) is 15.8. The van der Waals surface area contributed by atoms with Crippen LogP contribution < -0.4 is 0 Å². The van der Waals surface area contributed by atoms with Gasteiger partial charge in [0.1, 0.15) is 0 Å². The van der Waals surface area contributed by atoms with Gasteiger partial charge < -0.3 is 10.0 Å². The van der Waals surface area contributed by atoms with E-state index in [1.807, 2.05) is 14.0 Å². The minimum absolute atomic E-state index is 0.0291. The first-order chi connectivity index (χ1) is 10.0. The van der Waals surface area contributed by atoms with Crippen LogP contribution in [0.25, 0.3) is 0 Å². The second kappa shape index (κ2) is 8.71. The molecule has 1 N–H and O–H groups in total. The molecule has 0 bridgehead atoms. The summed E-state index contributed by atoms with van der Waals surface area (Å²) < 4.78 is 0. The minimum Gasteiger partial charge on any atom is -0.395 e. The predicted octanol–water partition coefficient (Wildman–Crippen LogP) is 3.33. The molecule has 0 spiro atoms. The first kappa shape index (κ1) is 17.6. The molecule has 0 heterocycles. The quantitative estimate of drug-likeness (QED) is 0.848. The van der Waals surface area contributed by atoms with Crippen LogP contribution in [0.2, 0.25) is 5.02 Å². The second-order valence-corrected chi connectivity index (χ2v) is 5.43. The Morgan fingerprint density at radius 1 is 1.48 bits per heavy atom. The second-order valence-electron chi connectivity index (χ2n) is 5.02. The summed E-state index contributed by atoms with van der Waals surface area (Å²) in [4.78, 5) is 14.1. The fraction of sp³-hybridized carbons (Fsp3) is 0.471. The molecule has 0 aliphatic rings. The first-order valence-corrected chi connectivity index (χ1v) is 7.55. The van der Waals surface area contributed by atoms with Gasteiger partial charge in [-0.3, -0.25) is 4.79 Å². The van der Waals surface area contributed by atoms with Crippen molar-refractivity contribution in [2.45, 2.75) is 39.2 Å². The van der Waals surface area contributed by atoms with Gasteiger partial charge in [-0.05, 0) is 31.5 Å². The monoisotopic (exact) mass is 307 g/mol. The molecule has 1 amide bonds. The number of rotatable bonds is 5. The van der Waals surface area contributed by atoms with Crippen molar-refractivity contribution < 1.29 is 9.90 Å². The van der Waals surface area contributed by atoms with Crippen LogP contribution in [-0.2, 0) is 0 Å². The molecule has 3 nitrogen and oxygen atoms in total. The van der Waals surface area contributed by atoms with Gasteiger partial charge in [-0.25, -0.2) is 0 Å². The zero-order valence-electron chi connectivity index (χ0n) is 12.8. The zero-order valence-corrected chi connectivity index (χ0v) is 13.6. The van der Waals surface area contributed by atoms with E-state index in [-0.39, 0.29) is 18.6 Å². The lowest BCUT2D eigenvalue weighted by atomic mass is 10.1. The molecule has 1 atom stereocenters. The van der Waals surface area contributed by atoms with Gasteiger partial charge in [0.2, 0.25) is 0 Å². The summed E-state index contributed by atoms with van der Waals surface area (Å²) in [6, 6.07) is 5.34. The van der Waals surface area contributed by atoms with Crippen molar-refractivity contribution in [1.29, 1.82) is 0 Å². The molecule has 0 fully saturated rings. The number of hydrogen-bond donors (Lipinski definition) is 1. The van der Waals surface area contributed by atoms with Crippen molar-refractivity contribution in [3.8, 4) is 11.8 Å². The number of hydrogen-bond acceptors (Lipinski definition) is 2. The summed E-state index contributed by atoms with van der Waals surface area (Å²) in [6.45, 7) is 4.17. The Morgan fingerprint density at radius 3 is 2.76 bits per heavy atom. The van der Waals surface area contributed by atoms with Crippen LogP contribution >= 0.6 is 11.6 Å². The standard InChI is InChI=1S/C17H22ClNO2/c1-4-7-13(2)19(3)17(21)15-10-9-14(16(18)12-15)8-5-6-11-20/h9-10,12-13,20H,4,6-7,11H2,1-3H3. The van der Waals surface area contributed by atoms with Gasteiger partial charge in [0.25, 0.3) is 5.91 Å². The number of aliphatic hydroxyl groups is 1. The average molecular weight is 308 g/mol. The van der Waals surface area contributed by atoms with E-state index < -0.39 is 0 Å². The predicted molar refractivity (Wildman–Crippen MR) is 86.5 cm³/mol. The Balaban J connectivity index is 2.88. The van der Waals surface area contributed by atoms with Crippen molar-refractivity contribution >= 4 is 17.5 Å². The Labute approximate surface area is 131 Å². The van der Waals surface area contributed by atoms with Crippen LogP contribution in [0, 0.1) is 11.8 Å². The molecular weight excluding hydrogens is 286 g/mol. The molecule has 1 aromatic carbocycles. The number of nitrogens with zero attached hydrogens (tertiary/aromatic N) is 1. The summed E-state index contributed by atoms with van der Waals surface area (Å²) in [6.07, 6.45) is 2.42. The molecule has 114 valence electrons. The smallest absolute Gasteiger partial charge is 0.253 e. The van der Waals surface area contributed by atoms with Crippen LogP contribution in [0.4, 0.5) is 0 Å². The minimum atomic E-state index is -0.0345. The van der Waals surface area contributed by atoms with Crippen molar-refractivity contribution in [2.75, 3.05) is 13.7 Å². The van der Waals surface area contributed by atoms with Crippen LogP contribution in [0.3, 0.4) is 0 Å². The molecule has 1 aromatic rings. The van der Waals surface area contributed by atoms with Crippen LogP contribution in [-0.4, -0.2) is 35.6 Å². The van der Waals surface area contributed by atoms with Crippen molar-refractivity contribution in [1.82, 2.24) is 4.90 Å². The summed E-state index contributed by atoms with van der Waals surface area (Å²) in [5, 5.41) is 9.16. The topological polar surface area (TPSA) is 40.5 Å². The van der Waals surface area contributed by atoms with Crippen molar-refractivity contribution in [3.05, 3.63) is 34.3 Å². The van der Waals surface area contributed by atoms with E-state index in [2.05, 4.69) is 18.8 Å². The Hall–Kier alpha value is -1.50. The highest BCUT2D eigenvalue weighted by atomic mass is 35.5. The van der Waals surface area contributed by atoms with E-state index in [9.17, 15) is 4.79 Å². The Bertz CT molecular complexity index is 545. The number of carbonyl (C=O) groups excluding carboxylic acids is 1. The molecular formula is C17H22ClNO2. The molecule has 4 heteroatoms. The van der Waals surface area contributed by atoms with E-state index >= 15 is 0 Å². The summed E-state index contributed by atoms with van der Waals surface area (Å²) in [5.74, 6) is 5.67. The SMILES string of the molecule is CCCC(C)N(C)C(=O)c1ccc(C#CCCO)c(Cl)c1. The highest BCUT2D eigenvalue weighted by Gasteiger charge is 2.17. The fourth-order valence-electron chi connectivity index (χ4n) is 1.98. The molecule has 0 aliphatic carbocycles. The molecule has 0 saturated carbocycles. The first-order valence-electron chi connectivity index (χ1n) is 7.17. The lowest BCUT2D eigenvalue weighted by Gasteiger charge is -2.24. The van der Waals surface area contributed by atoms with Gasteiger partial charge in [0.15, 0.2) is 0 Å². The third kappa shape index (κ3) is 5.08. The van der Waals surface area contributed by atoms with Crippen LogP contribution in [0.15, 0.2) is 18.2 Å². The Kier molecular flexibility index (Phi) is 7.28. The average Bonchev–Trinajstić information content (AvgIpc) is 2.47. The third-order valence-electron chi connectivity index (χ3n) is 3.36. The largest absolute Gasteiger partial charge is 0.395 e. The van der Waals surface area contributed by atoms with Crippen molar-refractivity contribution in [3.63, 3.8) is 0 Å². The van der Waals surface area contributed by atoms with E-state index in [1.165, 1.54) is 0 Å². The van der Waals surface area contributed by atoms with E-state index in [1.54, 1.807) is 23.1 Å². The third-order valence-corrected chi connectivity index (χ3v) is 3.68. The Morgan fingerprint density at radius 2 is 2.19 bits per heavy atom. The number of benzene rings is 1. The van der Waals surface area contributed by atoms with Gasteiger partial charge in [-0.15, -0.1) is 0 Å². The van der Waals surface area contributed by atoms with Gasteiger partial charge in [0.05, 0.1) is 11.6 Å². The van der Waals surface area contributed by atoms with Gasteiger partial charge >= 0.3 is 0 Å². The number of aliphatic hydroxyl groups excluding tert-OH is 1. The normalized spacial score (nSPS) is 11.5. The maximum atomic E-state index is 12.4. The number of amides is 1. The highest BCUT2D eigenvalue weighted by Crippen LogP contribution is 2.19. The summed E-state index contributed by atoms with van der Waals surface area (Å²) in [5.41, 5.74) is 1.24. The highest BCUT2D eigenvalue weighted by molar-refractivity contribution is 6.32. The molecule has 21 heavy (non-hydrogen) atoms. The van der Waals surface area contributed by atoms with E-state index in [0.29, 0.717) is 22.6 Å². The van der Waals surface area contributed by atoms with E-state index in [0.717, 1.165) is 12.8 Å². The number of halogens is 1. The number of carbonyl (C=O) groups is 1. The summed E-state index contributed by atoms with van der Waals surface area (Å²) in [7, 11) is 1.81. The lowest BCUT2D eigenvalue weighted by Crippen LogP contribution is -2.34. The fourth-order valence-corrected chi connectivity index (χ4v) is 2.21. The van der Waals surface area contributed by atoms with Gasteiger partial charge in [-0.2, -0.15) is 0 Å². The van der Waals surface area contributed by atoms with Gasteiger partial charge in [-0.1, -0.05) is 36.8 Å². The van der Waals surface area contributed by atoms with E-state index in [4.69, 9.17) is 16.7 Å². The maximum Gasteiger partial charge on any atom is 0.253 e. The molecule has 1 rings (SSSR count). The van der Waals surface area contributed by atoms with Crippen LogP contribution in [0.5, 0.6) is 0 Å². The molecule has 0 radical (unpaired) electrons. The van der Waals surface area contributed by atoms with Crippen molar-refractivity contribution in [2.24, 2.45) is 0 Å². The molecule has 0 saturated heterocycles. The molecule has 0 aromatic heterocycles. The lowest BCUT2D eigenvalue weighted by molar-refractivity contribution is 0.0737. The van der Waals surface area contributed by atoms with Crippen LogP contribution in [0.1, 0.15) is 49.0 Å². The maximum absolute atomic E-state index is 12.4. The molecule has 0 aliphatic heterocycles. The molecule has 1 unspecified atom stereocenters. The summed E-state index contributed by atoms with van der Waals surface area (Å²) >= 11 is 6.16. The van der Waals surface area contributed by atoms with Gasteiger partial charge in [0, 0.05) is 30.6 Å².